The molecule has 1 saturated carbocycles. The number of carboxylic acid groups (broad SMARTS) is 1. The molecule has 3 N–H and O–H groups in total. The van der Waals surface area contributed by atoms with Crippen molar-refractivity contribution in [2.24, 2.45) is 5.92 Å². The van der Waals surface area contributed by atoms with Gasteiger partial charge in [-0.25, -0.2) is 14.6 Å². The maximum absolute atomic E-state index is 11.6. The highest BCUT2D eigenvalue weighted by atomic mass is 16.4. The van der Waals surface area contributed by atoms with Crippen LogP contribution in [0.5, 0.6) is 0 Å². The summed E-state index contributed by atoms with van der Waals surface area (Å²) in [6, 6.07) is -1.36. The van der Waals surface area contributed by atoms with Crippen molar-refractivity contribution in [3.63, 3.8) is 0 Å². The Morgan fingerprint density at radius 1 is 1.58 bits per heavy atom. The van der Waals surface area contributed by atoms with E-state index in [1.54, 1.807) is 13.1 Å². The lowest BCUT2D eigenvalue weighted by Gasteiger charge is -2.14. The van der Waals surface area contributed by atoms with Gasteiger partial charge < -0.3 is 20.2 Å². The smallest absolute Gasteiger partial charge is 0.326 e. The predicted octanol–water partition coefficient (Wildman–Crippen LogP) is 1.04. The first-order valence-electron chi connectivity index (χ1n) is 6.23. The Balaban J connectivity index is 1.76. The molecule has 0 spiro atoms. The lowest BCUT2D eigenvalue weighted by molar-refractivity contribution is -0.139. The summed E-state index contributed by atoms with van der Waals surface area (Å²) in [6.45, 7) is 1.89. The van der Waals surface area contributed by atoms with Gasteiger partial charge in [0.15, 0.2) is 0 Å². The standard InChI is InChI=1S/C12H17N3O4/c1-7-5-13-10(19-7)6-14-12(18)15-9(11(16)17)4-8-2-3-8/h5,8-9H,2-4,6H2,1H3,(H,16,17)(H2,14,15,18). The number of nitrogens with zero attached hydrogens (tertiary/aromatic N) is 1. The molecule has 1 heterocycles. The van der Waals surface area contributed by atoms with E-state index in [1.165, 1.54) is 0 Å². The summed E-state index contributed by atoms with van der Waals surface area (Å²) in [5.41, 5.74) is 0. The predicted molar refractivity (Wildman–Crippen MR) is 65.4 cm³/mol. The van der Waals surface area contributed by atoms with Crippen LogP contribution in [0.4, 0.5) is 4.79 Å². The van der Waals surface area contributed by atoms with E-state index in [0.29, 0.717) is 24.0 Å². The third kappa shape index (κ3) is 4.27. The summed E-state index contributed by atoms with van der Waals surface area (Å²) in [5.74, 6) is 0.473. The number of carboxylic acids is 1. The number of urea groups is 1. The Morgan fingerprint density at radius 3 is 2.84 bits per heavy atom. The van der Waals surface area contributed by atoms with Crippen molar-refractivity contribution in [3.8, 4) is 0 Å². The van der Waals surface area contributed by atoms with Gasteiger partial charge in [0.25, 0.3) is 0 Å². The zero-order valence-corrected chi connectivity index (χ0v) is 10.7. The first kappa shape index (κ1) is 13.4. The molecule has 1 aliphatic rings. The SMILES string of the molecule is Cc1cnc(CNC(=O)NC(CC2CC2)C(=O)O)o1. The number of aryl methyl sites for hydroxylation is 1. The van der Waals surface area contributed by atoms with E-state index in [1.807, 2.05) is 0 Å². The molecule has 7 heteroatoms. The van der Waals surface area contributed by atoms with Gasteiger partial charge >= 0.3 is 12.0 Å². The summed E-state index contributed by atoms with van der Waals surface area (Å²) < 4.78 is 5.19. The monoisotopic (exact) mass is 267 g/mol. The van der Waals surface area contributed by atoms with E-state index in [2.05, 4.69) is 15.6 Å². The first-order chi connectivity index (χ1) is 9.04. The van der Waals surface area contributed by atoms with E-state index < -0.39 is 18.0 Å². The quantitative estimate of drug-likeness (QED) is 0.714. The molecular weight excluding hydrogens is 250 g/mol. The maximum atomic E-state index is 11.6. The van der Waals surface area contributed by atoms with Crippen LogP contribution in [0.3, 0.4) is 0 Å². The average Bonchev–Trinajstić information content (AvgIpc) is 3.07. The molecule has 1 fully saturated rings. The zero-order valence-electron chi connectivity index (χ0n) is 10.7. The van der Waals surface area contributed by atoms with Crippen molar-refractivity contribution >= 4 is 12.0 Å². The summed E-state index contributed by atoms with van der Waals surface area (Å²) in [4.78, 5) is 26.5. The second kappa shape index (κ2) is 5.73. The van der Waals surface area contributed by atoms with Gasteiger partial charge in [-0.05, 0) is 19.3 Å². The van der Waals surface area contributed by atoms with Crippen molar-refractivity contribution in [2.75, 3.05) is 0 Å². The Hall–Kier alpha value is -2.05. The highest BCUT2D eigenvalue weighted by molar-refractivity contribution is 5.82. The molecule has 1 aliphatic carbocycles. The van der Waals surface area contributed by atoms with Crippen molar-refractivity contribution < 1.29 is 19.1 Å². The molecule has 104 valence electrons. The summed E-state index contributed by atoms with van der Waals surface area (Å²) in [6.07, 6.45) is 4.13. The number of carbonyl (C=O) groups excluding carboxylic acids is 1. The molecule has 7 nitrogen and oxygen atoms in total. The molecule has 1 unspecified atom stereocenters. The van der Waals surface area contributed by atoms with Crippen molar-refractivity contribution in [3.05, 3.63) is 17.8 Å². The molecule has 1 aromatic heterocycles. The van der Waals surface area contributed by atoms with Gasteiger partial charge in [0.05, 0.1) is 12.7 Å². The normalized spacial score (nSPS) is 15.8. The molecule has 0 bridgehead atoms. The number of carbonyl (C=O) groups is 2. The molecule has 2 rings (SSSR count). The molecule has 0 radical (unpaired) electrons. The van der Waals surface area contributed by atoms with Crippen molar-refractivity contribution in [1.82, 2.24) is 15.6 Å². The van der Waals surface area contributed by atoms with Gasteiger partial charge in [-0.3, -0.25) is 0 Å². The highest BCUT2D eigenvalue weighted by Gasteiger charge is 2.30. The average molecular weight is 267 g/mol. The van der Waals surface area contributed by atoms with E-state index >= 15 is 0 Å². The lowest BCUT2D eigenvalue weighted by atomic mass is 10.1. The number of nitrogens with one attached hydrogen (secondary N) is 2. The van der Waals surface area contributed by atoms with Crippen molar-refractivity contribution in [1.29, 1.82) is 0 Å². The van der Waals surface area contributed by atoms with Gasteiger partial charge in [-0.1, -0.05) is 12.8 Å². The minimum Gasteiger partial charge on any atom is -0.480 e. The second-order valence-electron chi connectivity index (χ2n) is 4.76. The lowest BCUT2D eigenvalue weighted by Crippen LogP contribution is -2.46. The van der Waals surface area contributed by atoms with Crippen LogP contribution in [0.25, 0.3) is 0 Å². The van der Waals surface area contributed by atoms with Crippen LogP contribution >= 0.6 is 0 Å². The van der Waals surface area contributed by atoms with Crippen LogP contribution in [-0.2, 0) is 11.3 Å². The summed E-state index contributed by atoms with van der Waals surface area (Å²) in [5, 5.41) is 14.0. The Kier molecular flexibility index (Phi) is 4.03. The summed E-state index contributed by atoms with van der Waals surface area (Å²) in [7, 11) is 0. The third-order valence-electron chi connectivity index (χ3n) is 2.94. The minimum absolute atomic E-state index is 0.134. The highest BCUT2D eigenvalue weighted by Crippen LogP contribution is 2.33. The Labute approximate surface area is 110 Å². The number of aromatic nitrogens is 1. The van der Waals surface area contributed by atoms with Gasteiger partial charge in [0, 0.05) is 0 Å². The van der Waals surface area contributed by atoms with E-state index in [4.69, 9.17) is 9.52 Å². The number of oxazole rings is 1. The van der Waals surface area contributed by atoms with Crippen LogP contribution in [0.15, 0.2) is 10.6 Å². The van der Waals surface area contributed by atoms with Gasteiger partial charge in [0.2, 0.25) is 5.89 Å². The number of aliphatic carboxylic acids is 1. The molecule has 0 saturated heterocycles. The largest absolute Gasteiger partial charge is 0.480 e. The third-order valence-corrected chi connectivity index (χ3v) is 2.94. The van der Waals surface area contributed by atoms with E-state index in [0.717, 1.165) is 12.8 Å². The van der Waals surface area contributed by atoms with Crippen LogP contribution < -0.4 is 10.6 Å². The molecule has 0 aromatic carbocycles. The molecule has 2 amide bonds. The fourth-order valence-corrected chi connectivity index (χ4v) is 1.76. The fraction of sp³-hybridized carbons (Fsp3) is 0.583. The van der Waals surface area contributed by atoms with Crippen LogP contribution in [-0.4, -0.2) is 28.1 Å². The summed E-state index contributed by atoms with van der Waals surface area (Å²) >= 11 is 0. The number of rotatable bonds is 6. The van der Waals surface area contributed by atoms with E-state index in [-0.39, 0.29) is 6.54 Å². The van der Waals surface area contributed by atoms with Gasteiger partial charge in [-0.15, -0.1) is 0 Å². The minimum atomic E-state index is -1.01. The number of hydrogen-bond donors (Lipinski definition) is 3. The first-order valence-corrected chi connectivity index (χ1v) is 6.23. The second-order valence-corrected chi connectivity index (χ2v) is 4.76. The topological polar surface area (TPSA) is 104 Å². The maximum Gasteiger partial charge on any atom is 0.326 e. The molecule has 0 aliphatic heterocycles. The molecule has 1 atom stereocenters. The van der Waals surface area contributed by atoms with Crippen LogP contribution in [0.2, 0.25) is 0 Å². The van der Waals surface area contributed by atoms with Crippen LogP contribution in [0, 0.1) is 12.8 Å². The Bertz CT molecular complexity index is 467. The fourth-order valence-electron chi connectivity index (χ4n) is 1.76. The van der Waals surface area contributed by atoms with Gasteiger partial charge in [0.1, 0.15) is 11.8 Å². The molecule has 19 heavy (non-hydrogen) atoms. The van der Waals surface area contributed by atoms with Gasteiger partial charge in [-0.2, -0.15) is 0 Å². The zero-order chi connectivity index (χ0) is 13.8. The van der Waals surface area contributed by atoms with E-state index in [9.17, 15) is 9.59 Å². The Morgan fingerprint density at radius 2 is 2.32 bits per heavy atom. The molecular formula is C12H17N3O4. The number of hydrogen-bond acceptors (Lipinski definition) is 4. The molecule has 1 aromatic rings. The van der Waals surface area contributed by atoms with Crippen molar-refractivity contribution in [2.45, 2.75) is 38.8 Å². The number of amides is 2. The van der Waals surface area contributed by atoms with Crippen LogP contribution in [0.1, 0.15) is 30.9 Å².